The molecule has 8 heteroatoms. The van der Waals surface area contributed by atoms with Crippen LogP contribution in [0.15, 0.2) is 47.4 Å². The van der Waals surface area contributed by atoms with Crippen LogP contribution in [0, 0.1) is 0 Å². The summed E-state index contributed by atoms with van der Waals surface area (Å²) in [4.78, 5) is 24.3. The van der Waals surface area contributed by atoms with Gasteiger partial charge in [0, 0.05) is 16.0 Å². The summed E-state index contributed by atoms with van der Waals surface area (Å²) in [7, 11) is 1.45. The fourth-order valence-corrected chi connectivity index (χ4v) is 3.13. The Kier molecular flexibility index (Phi) is 6.90. The highest BCUT2D eigenvalue weighted by Crippen LogP contribution is 2.32. The molecule has 0 saturated heterocycles. The Morgan fingerprint density at radius 3 is 2.48 bits per heavy atom. The first-order chi connectivity index (χ1) is 12.7. The summed E-state index contributed by atoms with van der Waals surface area (Å²) in [6.45, 7) is 1.42. The number of rotatable bonds is 7. The van der Waals surface area contributed by atoms with Crippen molar-refractivity contribution in [3.63, 3.8) is 0 Å². The number of thioether (sulfide) groups is 1. The molecule has 4 nitrogen and oxygen atoms in total. The van der Waals surface area contributed by atoms with Gasteiger partial charge < -0.3 is 10.1 Å². The lowest BCUT2D eigenvalue weighted by Crippen LogP contribution is -2.16. The minimum atomic E-state index is -4.30. The van der Waals surface area contributed by atoms with Crippen molar-refractivity contribution in [2.45, 2.75) is 24.4 Å². The second-order valence-corrected chi connectivity index (χ2v) is 6.72. The largest absolute Gasteiger partial charge is 0.496 e. The van der Waals surface area contributed by atoms with Crippen molar-refractivity contribution < 1.29 is 27.5 Å². The third-order valence-corrected chi connectivity index (χ3v) is 4.73. The minimum Gasteiger partial charge on any atom is -0.496 e. The summed E-state index contributed by atoms with van der Waals surface area (Å²) in [5.74, 6) is -1.16. The second-order valence-electron chi connectivity index (χ2n) is 5.71. The molecule has 0 heterocycles. The van der Waals surface area contributed by atoms with Gasteiger partial charge in [-0.1, -0.05) is 12.1 Å². The van der Waals surface area contributed by atoms with Gasteiger partial charge in [0.25, 0.3) is 0 Å². The van der Waals surface area contributed by atoms with Gasteiger partial charge in [0.15, 0.2) is 5.78 Å². The molecule has 0 aliphatic carbocycles. The van der Waals surface area contributed by atoms with E-state index in [-0.39, 0.29) is 12.2 Å². The Hall–Kier alpha value is -2.48. The third kappa shape index (κ3) is 6.32. The van der Waals surface area contributed by atoms with E-state index in [1.807, 2.05) is 0 Å². The van der Waals surface area contributed by atoms with E-state index < -0.39 is 17.8 Å². The van der Waals surface area contributed by atoms with Crippen LogP contribution in [0.2, 0.25) is 0 Å². The molecule has 0 aliphatic rings. The molecule has 0 aromatic heterocycles. The lowest BCUT2D eigenvalue weighted by molar-refractivity contribution is -0.115. The standard InChI is InChI=1S/C19H18F3NO3S/c1-12(24)13-7-8-16(26-2)14(9-13)10-18(25)23-15-5-3-4-6-17(15)27-11-19(20,21)22/h3-9H,10-11H2,1-2H3,(H,23,25). The number of hydrogen-bond acceptors (Lipinski definition) is 4. The van der Waals surface area contributed by atoms with Gasteiger partial charge >= 0.3 is 6.18 Å². The summed E-state index contributed by atoms with van der Waals surface area (Å²) >= 11 is 0.607. The molecule has 0 radical (unpaired) electrons. The van der Waals surface area contributed by atoms with Crippen LogP contribution in [0.4, 0.5) is 18.9 Å². The summed E-state index contributed by atoms with van der Waals surface area (Å²) < 4.78 is 42.6. The van der Waals surface area contributed by atoms with Gasteiger partial charge in [0.1, 0.15) is 5.75 Å². The zero-order valence-electron chi connectivity index (χ0n) is 14.7. The monoisotopic (exact) mass is 397 g/mol. The number of anilines is 1. The molecule has 1 N–H and O–H groups in total. The maximum Gasteiger partial charge on any atom is 0.398 e. The summed E-state index contributed by atoms with van der Waals surface area (Å²) in [5, 5.41) is 2.63. The minimum absolute atomic E-state index is 0.0808. The van der Waals surface area contributed by atoms with E-state index in [0.717, 1.165) is 0 Å². The summed E-state index contributed by atoms with van der Waals surface area (Å²) in [5.41, 5.74) is 1.27. The fourth-order valence-electron chi connectivity index (χ4n) is 2.36. The van der Waals surface area contributed by atoms with Crippen molar-refractivity contribution in [3.8, 4) is 5.75 Å². The van der Waals surface area contributed by atoms with Gasteiger partial charge in [-0.25, -0.2) is 0 Å². The van der Waals surface area contributed by atoms with Crippen molar-refractivity contribution in [3.05, 3.63) is 53.6 Å². The highest BCUT2D eigenvalue weighted by Gasteiger charge is 2.27. The van der Waals surface area contributed by atoms with Crippen molar-refractivity contribution >= 4 is 29.1 Å². The average Bonchev–Trinajstić information content (AvgIpc) is 2.60. The number of Topliss-reactive ketones (excluding diaryl/α,β-unsaturated/α-hetero) is 1. The third-order valence-electron chi connectivity index (χ3n) is 3.59. The Balaban J connectivity index is 2.15. The van der Waals surface area contributed by atoms with Crippen molar-refractivity contribution in [2.75, 3.05) is 18.2 Å². The summed E-state index contributed by atoms with van der Waals surface area (Å²) in [6, 6.07) is 11.1. The molecule has 0 spiro atoms. The van der Waals surface area contributed by atoms with Gasteiger partial charge in [0.05, 0.1) is 25.0 Å². The number of nitrogens with one attached hydrogen (secondary N) is 1. The van der Waals surface area contributed by atoms with E-state index in [0.29, 0.717) is 39.2 Å². The van der Waals surface area contributed by atoms with Gasteiger partial charge in [-0.3, -0.25) is 9.59 Å². The van der Waals surface area contributed by atoms with Gasteiger partial charge in [-0.05, 0) is 37.3 Å². The number of hydrogen-bond donors (Lipinski definition) is 1. The molecule has 0 fully saturated rings. The van der Waals surface area contributed by atoms with Crippen LogP contribution in [0.3, 0.4) is 0 Å². The molecule has 0 saturated carbocycles. The molecule has 0 aliphatic heterocycles. The molecule has 2 aromatic rings. The molecule has 2 aromatic carbocycles. The van der Waals surface area contributed by atoms with Crippen LogP contribution in [-0.2, 0) is 11.2 Å². The van der Waals surface area contributed by atoms with Crippen molar-refractivity contribution in [1.29, 1.82) is 0 Å². The maximum atomic E-state index is 12.5. The quantitative estimate of drug-likeness (QED) is 0.542. The molecular formula is C19H18F3NO3S. The first-order valence-corrected chi connectivity index (χ1v) is 8.94. The van der Waals surface area contributed by atoms with E-state index in [4.69, 9.17) is 4.74 Å². The normalized spacial score (nSPS) is 11.1. The van der Waals surface area contributed by atoms with E-state index in [1.54, 1.807) is 36.4 Å². The van der Waals surface area contributed by atoms with Crippen LogP contribution < -0.4 is 10.1 Å². The number of benzene rings is 2. The second kappa shape index (κ2) is 8.94. The van der Waals surface area contributed by atoms with E-state index in [1.165, 1.54) is 20.1 Å². The van der Waals surface area contributed by atoms with E-state index >= 15 is 0 Å². The molecule has 1 amide bonds. The number of ketones is 1. The van der Waals surface area contributed by atoms with Gasteiger partial charge in [-0.15, -0.1) is 11.8 Å². The summed E-state index contributed by atoms with van der Waals surface area (Å²) in [6.07, 6.45) is -4.38. The molecule has 144 valence electrons. The Bertz CT molecular complexity index is 837. The number of halogens is 3. The van der Waals surface area contributed by atoms with Crippen LogP contribution in [0.25, 0.3) is 0 Å². The Labute approximate surface area is 159 Å². The van der Waals surface area contributed by atoms with Crippen LogP contribution >= 0.6 is 11.8 Å². The lowest BCUT2D eigenvalue weighted by atomic mass is 10.0. The lowest BCUT2D eigenvalue weighted by Gasteiger charge is -2.13. The topological polar surface area (TPSA) is 55.4 Å². The predicted molar refractivity (Wildman–Crippen MR) is 98.6 cm³/mol. The van der Waals surface area contributed by atoms with E-state index in [2.05, 4.69) is 5.32 Å². The van der Waals surface area contributed by atoms with Gasteiger partial charge in [-0.2, -0.15) is 13.2 Å². The molecule has 0 unspecified atom stereocenters. The van der Waals surface area contributed by atoms with Crippen LogP contribution in [0.5, 0.6) is 5.75 Å². The number of methoxy groups -OCH3 is 1. The smallest absolute Gasteiger partial charge is 0.398 e. The Morgan fingerprint density at radius 2 is 1.85 bits per heavy atom. The number of amides is 1. The number of alkyl halides is 3. The molecule has 27 heavy (non-hydrogen) atoms. The maximum absolute atomic E-state index is 12.5. The highest BCUT2D eigenvalue weighted by molar-refractivity contribution is 7.99. The first-order valence-electron chi connectivity index (χ1n) is 7.96. The van der Waals surface area contributed by atoms with E-state index in [9.17, 15) is 22.8 Å². The highest BCUT2D eigenvalue weighted by atomic mass is 32.2. The fraction of sp³-hybridized carbons (Fsp3) is 0.263. The number of carbonyl (C=O) groups excluding carboxylic acids is 2. The number of ether oxygens (including phenoxy) is 1. The zero-order chi connectivity index (χ0) is 20.0. The number of carbonyl (C=O) groups is 2. The van der Waals surface area contributed by atoms with Crippen LogP contribution in [-0.4, -0.2) is 30.7 Å². The predicted octanol–water partition coefficient (Wildman–Crippen LogP) is 4.73. The molecule has 0 bridgehead atoms. The molecule has 2 rings (SSSR count). The molecular weight excluding hydrogens is 379 g/mol. The number of para-hydroxylation sites is 1. The van der Waals surface area contributed by atoms with Crippen molar-refractivity contribution in [2.24, 2.45) is 0 Å². The average molecular weight is 397 g/mol. The zero-order valence-corrected chi connectivity index (χ0v) is 15.5. The SMILES string of the molecule is COc1ccc(C(C)=O)cc1CC(=O)Nc1ccccc1SCC(F)(F)F. The Morgan fingerprint density at radius 1 is 1.15 bits per heavy atom. The van der Waals surface area contributed by atoms with Crippen molar-refractivity contribution in [1.82, 2.24) is 0 Å². The van der Waals surface area contributed by atoms with Crippen LogP contribution in [0.1, 0.15) is 22.8 Å². The molecule has 0 atom stereocenters. The first kappa shape index (κ1) is 20.8. The van der Waals surface area contributed by atoms with Gasteiger partial charge in [0.2, 0.25) is 5.91 Å².